The Morgan fingerprint density at radius 3 is 2.64 bits per heavy atom. The van der Waals surface area contributed by atoms with E-state index in [9.17, 15) is 19.7 Å². The molecule has 8 heteroatoms. The topological polar surface area (TPSA) is 122 Å². The second-order valence-electron chi connectivity index (χ2n) is 6.88. The molecule has 1 fully saturated rings. The smallest absolute Gasteiger partial charge is 0.534 e. The van der Waals surface area contributed by atoms with E-state index >= 15 is 0 Å². The first kappa shape index (κ1) is 17.8. The van der Waals surface area contributed by atoms with Gasteiger partial charge < -0.3 is 25.8 Å². The highest BCUT2D eigenvalue weighted by Gasteiger charge is 2.39. The van der Waals surface area contributed by atoms with Crippen molar-refractivity contribution in [1.29, 1.82) is 0 Å². The minimum Gasteiger partial charge on any atom is -0.534 e. The van der Waals surface area contributed by atoms with E-state index in [0.29, 0.717) is 24.4 Å². The van der Waals surface area contributed by atoms with Crippen LogP contribution in [-0.4, -0.2) is 41.6 Å². The van der Waals surface area contributed by atoms with Crippen LogP contribution in [0, 0.1) is 11.8 Å². The fraction of sp³-hybridized carbons (Fsp3) is 0.529. The molecule has 0 saturated heterocycles. The highest BCUT2D eigenvalue weighted by Crippen LogP contribution is 2.31. The lowest BCUT2D eigenvalue weighted by atomic mass is 9.71. The summed E-state index contributed by atoms with van der Waals surface area (Å²) >= 11 is 0. The van der Waals surface area contributed by atoms with E-state index in [1.165, 1.54) is 6.07 Å². The molecule has 1 aromatic rings. The molecule has 1 saturated carbocycles. The fourth-order valence-corrected chi connectivity index (χ4v) is 3.68. The molecule has 0 bridgehead atoms. The first-order valence-corrected chi connectivity index (χ1v) is 8.70. The van der Waals surface area contributed by atoms with Crippen LogP contribution in [0.25, 0.3) is 0 Å². The lowest BCUT2D eigenvalue weighted by molar-refractivity contribution is -0.126. The normalized spacial score (nSPS) is 25.7. The van der Waals surface area contributed by atoms with Gasteiger partial charge in [0.25, 0.3) is 0 Å². The summed E-state index contributed by atoms with van der Waals surface area (Å²) in [7, 11) is -1.27. The van der Waals surface area contributed by atoms with Crippen molar-refractivity contribution < 1.29 is 24.4 Å². The molecule has 0 radical (unpaired) electrons. The number of aromatic carboxylic acids is 1. The van der Waals surface area contributed by atoms with Gasteiger partial charge in [0.2, 0.25) is 5.91 Å². The number of carbonyl (C=O) groups excluding carboxylic acids is 1. The molecule has 1 aliphatic heterocycles. The lowest BCUT2D eigenvalue weighted by Gasteiger charge is -2.31. The molecule has 1 aromatic carbocycles. The van der Waals surface area contributed by atoms with E-state index in [2.05, 4.69) is 5.32 Å². The van der Waals surface area contributed by atoms with Gasteiger partial charge in [-0.3, -0.25) is 4.79 Å². The van der Waals surface area contributed by atoms with E-state index in [1.54, 1.807) is 12.1 Å². The number of hydrogen-bond acceptors (Lipinski definition) is 5. The number of rotatable bonds is 4. The Kier molecular flexibility index (Phi) is 5.29. The van der Waals surface area contributed by atoms with Gasteiger partial charge in [0.05, 0.1) is 11.5 Å². The summed E-state index contributed by atoms with van der Waals surface area (Å²) < 4.78 is 5.40. The van der Waals surface area contributed by atoms with Gasteiger partial charge in [-0.15, -0.1) is 0 Å². The molecule has 0 aromatic heterocycles. The van der Waals surface area contributed by atoms with Crippen molar-refractivity contribution in [1.82, 2.24) is 5.32 Å². The molecule has 0 spiro atoms. The van der Waals surface area contributed by atoms with Crippen molar-refractivity contribution in [2.75, 3.05) is 6.54 Å². The number of nitrogens with one attached hydrogen (secondary N) is 1. The predicted molar refractivity (Wildman–Crippen MR) is 92.1 cm³/mol. The van der Waals surface area contributed by atoms with Crippen molar-refractivity contribution in [2.24, 2.45) is 17.6 Å². The van der Waals surface area contributed by atoms with E-state index < -0.39 is 19.0 Å². The van der Waals surface area contributed by atoms with Crippen molar-refractivity contribution in [3.8, 4) is 5.75 Å². The first-order chi connectivity index (χ1) is 12.0. The molecule has 2 aliphatic rings. The molecule has 1 amide bonds. The predicted octanol–water partition coefficient (Wildman–Crippen LogP) is 0.589. The van der Waals surface area contributed by atoms with Crippen LogP contribution in [0.4, 0.5) is 0 Å². The summed E-state index contributed by atoms with van der Waals surface area (Å²) in [6.45, 7) is 0.659. The van der Waals surface area contributed by atoms with Gasteiger partial charge in [0.1, 0.15) is 5.75 Å². The SMILES string of the molecule is NCC1CCC(C(=O)N[C@H]2Cc3cccc(C(=O)O)c3OB2O)CC1. The molecule has 1 aliphatic carbocycles. The molecular formula is C17H23BN2O5. The van der Waals surface area contributed by atoms with Gasteiger partial charge in [-0.25, -0.2) is 4.79 Å². The Balaban J connectivity index is 1.65. The average Bonchev–Trinajstić information content (AvgIpc) is 2.61. The molecule has 7 nitrogen and oxygen atoms in total. The Bertz CT molecular complexity index is 660. The number of carboxylic acids is 1. The minimum atomic E-state index is -1.27. The van der Waals surface area contributed by atoms with Crippen molar-refractivity contribution in [3.05, 3.63) is 29.3 Å². The second kappa shape index (κ2) is 7.45. The summed E-state index contributed by atoms with van der Waals surface area (Å²) in [4.78, 5) is 23.7. The van der Waals surface area contributed by atoms with E-state index in [0.717, 1.165) is 25.7 Å². The maximum atomic E-state index is 12.5. The fourth-order valence-electron chi connectivity index (χ4n) is 3.68. The number of carboxylic acid groups (broad SMARTS) is 1. The van der Waals surface area contributed by atoms with Gasteiger partial charge in [0.15, 0.2) is 0 Å². The largest absolute Gasteiger partial charge is 0.547 e. The average molecular weight is 346 g/mol. The van der Waals surface area contributed by atoms with Crippen molar-refractivity contribution in [3.63, 3.8) is 0 Å². The molecule has 5 N–H and O–H groups in total. The maximum Gasteiger partial charge on any atom is 0.547 e. The second-order valence-corrected chi connectivity index (χ2v) is 6.88. The summed E-state index contributed by atoms with van der Waals surface area (Å²) in [5, 5.41) is 22.3. The summed E-state index contributed by atoms with van der Waals surface area (Å²) in [5.41, 5.74) is 6.36. The zero-order valence-electron chi connectivity index (χ0n) is 14.0. The Morgan fingerprint density at radius 1 is 1.28 bits per heavy atom. The van der Waals surface area contributed by atoms with Crippen molar-refractivity contribution in [2.45, 2.75) is 38.0 Å². The summed E-state index contributed by atoms with van der Waals surface area (Å²) in [5.74, 6) is -1.17. The zero-order valence-corrected chi connectivity index (χ0v) is 14.0. The van der Waals surface area contributed by atoms with Crippen LogP contribution < -0.4 is 15.7 Å². The van der Waals surface area contributed by atoms with Crippen LogP contribution in [-0.2, 0) is 11.2 Å². The molecule has 134 valence electrons. The number of nitrogens with two attached hydrogens (primary N) is 1. The quantitative estimate of drug-likeness (QED) is 0.592. The van der Waals surface area contributed by atoms with Crippen LogP contribution >= 0.6 is 0 Å². The van der Waals surface area contributed by atoms with Gasteiger partial charge in [-0.1, -0.05) is 12.1 Å². The Hall–Kier alpha value is -2.06. The number of hydrogen-bond donors (Lipinski definition) is 4. The molecule has 25 heavy (non-hydrogen) atoms. The highest BCUT2D eigenvalue weighted by atomic mass is 16.5. The summed E-state index contributed by atoms with van der Waals surface area (Å²) in [6, 6.07) is 4.82. The third kappa shape index (κ3) is 3.80. The van der Waals surface area contributed by atoms with Gasteiger partial charge in [-0.05, 0) is 56.2 Å². The monoisotopic (exact) mass is 346 g/mol. The van der Waals surface area contributed by atoms with Crippen LogP contribution in [0.2, 0.25) is 0 Å². The van der Waals surface area contributed by atoms with E-state index in [1.807, 2.05) is 0 Å². The van der Waals surface area contributed by atoms with Gasteiger partial charge in [-0.2, -0.15) is 0 Å². The van der Waals surface area contributed by atoms with Gasteiger partial charge in [0, 0.05) is 5.92 Å². The standard InChI is InChI=1S/C17H23BN2O5/c19-9-10-4-6-11(7-5-10)16(21)20-14-8-12-2-1-3-13(17(22)23)15(12)25-18(14)24/h1-3,10-11,14,24H,4-9,19H2,(H,20,21)(H,22,23)/t10?,11?,14-/m0/s1. The van der Waals surface area contributed by atoms with E-state index in [4.69, 9.17) is 10.4 Å². The molecule has 0 unspecified atom stereocenters. The lowest BCUT2D eigenvalue weighted by Crippen LogP contribution is -2.54. The van der Waals surface area contributed by atoms with Gasteiger partial charge >= 0.3 is 13.1 Å². The third-order valence-electron chi connectivity index (χ3n) is 5.23. The zero-order chi connectivity index (χ0) is 18.0. The van der Waals surface area contributed by atoms with Crippen LogP contribution in [0.5, 0.6) is 5.75 Å². The Morgan fingerprint density at radius 2 is 2.00 bits per heavy atom. The molecule has 1 atom stereocenters. The first-order valence-electron chi connectivity index (χ1n) is 8.70. The number of benzene rings is 1. The minimum absolute atomic E-state index is 0.0152. The molecular weight excluding hydrogens is 323 g/mol. The number of amides is 1. The van der Waals surface area contributed by atoms with Crippen molar-refractivity contribution >= 4 is 19.0 Å². The third-order valence-corrected chi connectivity index (χ3v) is 5.23. The highest BCUT2D eigenvalue weighted by molar-refractivity contribution is 6.47. The molecule has 1 heterocycles. The van der Waals surface area contributed by atoms with Crippen LogP contribution in [0.15, 0.2) is 18.2 Å². The van der Waals surface area contributed by atoms with Crippen LogP contribution in [0.1, 0.15) is 41.6 Å². The van der Waals surface area contributed by atoms with Crippen LogP contribution in [0.3, 0.4) is 0 Å². The maximum absolute atomic E-state index is 12.5. The Labute approximate surface area is 146 Å². The number of carbonyl (C=O) groups is 2. The van der Waals surface area contributed by atoms with E-state index in [-0.39, 0.29) is 23.1 Å². The summed E-state index contributed by atoms with van der Waals surface area (Å²) in [6.07, 6.45) is 3.84. The molecule has 3 rings (SSSR count). The number of fused-ring (bicyclic) bond motifs is 1. The number of para-hydroxylation sites is 1.